The number of aromatic nitrogens is 2. The Morgan fingerprint density at radius 2 is 1.65 bits per heavy atom. The van der Waals surface area contributed by atoms with Crippen molar-refractivity contribution in [3.63, 3.8) is 0 Å². The zero-order valence-electron chi connectivity index (χ0n) is 22.0. The first-order valence-electron chi connectivity index (χ1n) is 12.5. The number of nitrogens with zero attached hydrogens (tertiary/aromatic N) is 3. The summed E-state index contributed by atoms with van der Waals surface area (Å²) in [5.41, 5.74) is 5.63. The van der Waals surface area contributed by atoms with Crippen LogP contribution in [0.25, 0.3) is 0 Å². The quantitative estimate of drug-likeness (QED) is 0.119. The van der Waals surface area contributed by atoms with Crippen LogP contribution in [-0.2, 0) is 18.3 Å². The fourth-order valence-corrected chi connectivity index (χ4v) is 4.15. The molecule has 0 radical (unpaired) electrons. The fraction of sp³-hybridized carbons (Fsp3) is 0.571. The van der Waals surface area contributed by atoms with Crippen molar-refractivity contribution in [3.8, 4) is 11.6 Å². The summed E-state index contributed by atoms with van der Waals surface area (Å²) in [6.45, 7) is 9.61. The van der Waals surface area contributed by atoms with Gasteiger partial charge in [0.05, 0.1) is 12.9 Å². The van der Waals surface area contributed by atoms with Gasteiger partial charge in [-0.1, -0.05) is 49.4 Å². The van der Waals surface area contributed by atoms with Crippen LogP contribution in [0.4, 0.5) is 0 Å². The molecule has 34 heavy (non-hydrogen) atoms. The lowest BCUT2D eigenvalue weighted by Gasteiger charge is -2.13. The highest BCUT2D eigenvalue weighted by Gasteiger charge is 2.13. The van der Waals surface area contributed by atoms with Crippen molar-refractivity contribution in [1.29, 1.82) is 0 Å². The van der Waals surface area contributed by atoms with E-state index in [9.17, 15) is 0 Å². The van der Waals surface area contributed by atoms with E-state index < -0.39 is 0 Å². The van der Waals surface area contributed by atoms with Crippen LogP contribution in [0.2, 0.25) is 0 Å². The summed E-state index contributed by atoms with van der Waals surface area (Å²) < 4.78 is 13.7. The number of benzene rings is 1. The summed E-state index contributed by atoms with van der Waals surface area (Å²) in [5, 5.41) is 3.96. The Bertz CT molecular complexity index is 908. The molecule has 0 fully saturated rings. The third-order valence-corrected chi connectivity index (χ3v) is 6.02. The van der Waals surface area contributed by atoms with E-state index in [-0.39, 0.29) is 0 Å². The van der Waals surface area contributed by atoms with Crippen molar-refractivity contribution in [2.24, 2.45) is 12.2 Å². The van der Waals surface area contributed by atoms with Crippen LogP contribution in [0, 0.1) is 13.8 Å². The van der Waals surface area contributed by atoms with Crippen LogP contribution >= 0.6 is 0 Å². The molecular formula is C28H43N3O3. The Labute approximate surface area is 206 Å². The van der Waals surface area contributed by atoms with Crippen molar-refractivity contribution in [2.45, 2.75) is 79.1 Å². The zero-order chi connectivity index (χ0) is 24.8. The summed E-state index contributed by atoms with van der Waals surface area (Å²) in [7, 11) is 3.47. The van der Waals surface area contributed by atoms with E-state index >= 15 is 0 Å². The molecule has 6 nitrogen and oxygen atoms in total. The first-order chi connectivity index (χ1) is 16.5. The summed E-state index contributed by atoms with van der Waals surface area (Å²) in [6.07, 6.45) is 15.5. The Kier molecular flexibility index (Phi) is 12.3. The highest BCUT2D eigenvalue weighted by molar-refractivity contribution is 5.98. The summed E-state index contributed by atoms with van der Waals surface area (Å²) >= 11 is 0. The number of hydrogen-bond acceptors (Lipinski definition) is 5. The van der Waals surface area contributed by atoms with Crippen LogP contribution in [0.3, 0.4) is 0 Å². The Hall–Kier alpha value is -2.76. The number of unbranched alkanes of at least 4 members (excludes halogenated alkanes) is 6. The zero-order valence-corrected chi connectivity index (χ0v) is 22.0. The summed E-state index contributed by atoms with van der Waals surface area (Å²) in [6, 6.07) is 4.35. The second kappa shape index (κ2) is 15.2. The van der Waals surface area contributed by atoms with Crippen molar-refractivity contribution < 1.29 is 14.3 Å². The lowest BCUT2D eigenvalue weighted by molar-refractivity contribution is 0.213. The second-order valence-corrected chi connectivity index (χ2v) is 8.86. The topological polar surface area (TPSA) is 57.9 Å². The molecule has 1 aromatic heterocycles. The van der Waals surface area contributed by atoms with E-state index in [1.54, 1.807) is 6.33 Å². The molecular weight excluding hydrogens is 426 g/mol. The van der Waals surface area contributed by atoms with E-state index in [0.717, 1.165) is 35.9 Å². The molecule has 0 unspecified atom stereocenters. The molecule has 0 aliphatic rings. The third-order valence-electron chi connectivity index (χ3n) is 6.02. The Balaban J connectivity index is 1.59. The number of hydrogen-bond donors (Lipinski definition) is 0. The van der Waals surface area contributed by atoms with E-state index in [0.29, 0.717) is 13.2 Å². The standard InChI is InChI=1S/C28H43N3O3/c1-7-8-17-33-25-19-22(2)26(23(3)20-25)16-14-12-10-9-11-13-15-18-34-28-27(24(4)30-32-6)29-21-31(28)5/h7-8,19-21H,9-18H2,1-6H3/b8-7+,30-24+. The maximum absolute atomic E-state index is 5.98. The highest BCUT2D eigenvalue weighted by atomic mass is 16.6. The lowest BCUT2D eigenvalue weighted by atomic mass is 9.96. The highest BCUT2D eigenvalue weighted by Crippen LogP contribution is 2.24. The van der Waals surface area contributed by atoms with Gasteiger partial charge in [0.2, 0.25) is 5.88 Å². The first-order valence-corrected chi connectivity index (χ1v) is 12.5. The lowest BCUT2D eigenvalue weighted by Crippen LogP contribution is -2.06. The molecule has 2 aromatic rings. The first kappa shape index (κ1) is 27.5. The average molecular weight is 470 g/mol. The monoisotopic (exact) mass is 469 g/mol. The minimum atomic E-state index is 0.633. The van der Waals surface area contributed by atoms with Gasteiger partial charge in [0.15, 0.2) is 0 Å². The van der Waals surface area contributed by atoms with E-state index in [4.69, 9.17) is 14.3 Å². The van der Waals surface area contributed by atoms with Crippen molar-refractivity contribution in [2.75, 3.05) is 20.3 Å². The maximum Gasteiger partial charge on any atom is 0.223 e. The molecule has 188 valence electrons. The molecule has 0 aliphatic heterocycles. The molecule has 0 aliphatic carbocycles. The molecule has 1 heterocycles. The molecule has 6 heteroatoms. The Morgan fingerprint density at radius 1 is 1.00 bits per heavy atom. The number of ether oxygens (including phenoxy) is 2. The predicted molar refractivity (Wildman–Crippen MR) is 140 cm³/mol. The molecule has 0 spiro atoms. The molecule has 1 aromatic carbocycles. The summed E-state index contributed by atoms with van der Waals surface area (Å²) in [4.78, 5) is 9.22. The van der Waals surface area contributed by atoms with Crippen LogP contribution in [0.15, 0.2) is 35.8 Å². The second-order valence-electron chi connectivity index (χ2n) is 8.86. The van der Waals surface area contributed by atoms with Gasteiger partial charge in [-0.2, -0.15) is 0 Å². The third kappa shape index (κ3) is 8.88. The number of oxime groups is 1. The fourth-order valence-electron chi connectivity index (χ4n) is 4.15. The van der Waals surface area contributed by atoms with E-state index in [2.05, 4.69) is 36.1 Å². The molecule has 0 saturated carbocycles. The molecule has 0 amide bonds. The van der Waals surface area contributed by atoms with Crippen molar-refractivity contribution in [1.82, 2.24) is 9.55 Å². The van der Waals surface area contributed by atoms with Crippen LogP contribution in [-0.4, -0.2) is 35.6 Å². The van der Waals surface area contributed by atoms with Gasteiger partial charge >= 0.3 is 0 Å². The molecule has 0 atom stereocenters. The van der Waals surface area contributed by atoms with Crippen molar-refractivity contribution >= 4 is 5.71 Å². The van der Waals surface area contributed by atoms with Gasteiger partial charge in [-0.05, 0) is 75.8 Å². The maximum atomic E-state index is 5.98. The number of aryl methyl sites for hydroxylation is 3. The van der Waals surface area contributed by atoms with Gasteiger partial charge in [-0.15, -0.1) is 0 Å². The predicted octanol–water partition coefficient (Wildman–Crippen LogP) is 6.71. The van der Waals surface area contributed by atoms with Crippen LogP contribution in [0.1, 0.15) is 81.2 Å². The van der Waals surface area contributed by atoms with Crippen LogP contribution < -0.4 is 9.47 Å². The molecule has 0 saturated heterocycles. The minimum Gasteiger partial charge on any atom is -0.490 e. The smallest absolute Gasteiger partial charge is 0.223 e. The number of allylic oxidation sites excluding steroid dienone is 1. The SMILES string of the molecule is C/C=C/COc1cc(C)c(CCCCCCCCCOc2c(/C(C)=N/OC)ncn2C)c(C)c1. The largest absolute Gasteiger partial charge is 0.490 e. The molecule has 0 bridgehead atoms. The summed E-state index contributed by atoms with van der Waals surface area (Å²) in [5.74, 6) is 1.72. The van der Waals surface area contributed by atoms with Crippen molar-refractivity contribution in [3.05, 3.63) is 53.0 Å². The Morgan fingerprint density at radius 3 is 2.29 bits per heavy atom. The van der Waals surface area contributed by atoms with Gasteiger partial charge in [0, 0.05) is 7.05 Å². The average Bonchev–Trinajstić information content (AvgIpc) is 3.17. The molecule has 0 N–H and O–H groups in total. The van der Waals surface area contributed by atoms with Gasteiger partial charge in [-0.25, -0.2) is 4.98 Å². The van der Waals surface area contributed by atoms with Gasteiger partial charge < -0.3 is 18.9 Å². The van der Waals surface area contributed by atoms with Gasteiger partial charge in [0.25, 0.3) is 0 Å². The van der Waals surface area contributed by atoms with Crippen LogP contribution in [0.5, 0.6) is 11.6 Å². The van der Waals surface area contributed by atoms with Gasteiger partial charge in [0.1, 0.15) is 30.9 Å². The van der Waals surface area contributed by atoms with Gasteiger partial charge in [-0.3, -0.25) is 0 Å². The number of rotatable bonds is 16. The molecule has 2 rings (SSSR count). The van der Waals surface area contributed by atoms with E-state index in [1.165, 1.54) is 62.3 Å². The number of imidazole rings is 1. The minimum absolute atomic E-state index is 0.633. The normalized spacial score (nSPS) is 11.9. The van der Waals surface area contributed by atoms with E-state index in [1.807, 2.05) is 37.6 Å².